The lowest BCUT2D eigenvalue weighted by Gasteiger charge is -2.15. The van der Waals surface area contributed by atoms with Gasteiger partial charge in [0.25, 0.3) is 0 Å². The number of hydrogen-bond donors (Lipinski definition) is 1. The summed E-state index contributed by atoms with van der Waals surface area (Å²) in [5.74, 6) is 0. The molecule has 0 bridgehead atoms. The third kappa shape index (κ3) is 3.26. The Labute approximate surface area is 64.2 Å². The highest BCUT2D eigenvalue weighted by molar-refractivity contribution is 5.19. The lowest BCUT2D eigenvalue weighted by molar-refractivity contribution is 0.118. The van der Waals surface area contributed by atoms with Gasteiger partial charge in [-0.1, -0.05) is 5.11 Å². The number of rotatable bonds is 2. The van der Waals surface area contributed by atoms with Crippen molar-refractivity contribution in [3.63, 3.8) is 0 Å². The number of aliphatic hydroxyl groups is 1. The van der Waals surface area contributed by atoms with Gasteiger partial charge in [-0.25, -0.2) is 0 Å². The Balaban J connectivity index is 4.80. The molecule has 0 saturated carbocycles. The number of allylic oxidation sites excluding steroid dienone is 1. The van der Waals surface area contributed by atoms with Crippen LogP contribution in [0.3, 0.4) is 0 Å². The second-order valence-electron chi connectivity index (χ2n) is 2.41. The van der Waals surface area contributed by atoms with E-state index in [1.807, 2.05) is 0 Å². The van der Waals surface area contributed by atoms with Gasteiger partial charge in [-0.3, -0.25) is 0 Å². The molecular weight excluding hydrogens is 144 g/mol. The molecule has 0 heterocycles. The first-order chi connectivity index (χ1) is 5.02. The summed E-state index contributed by atoms with van der Waals surface area (Å²) < 4.78 is 0. The molecule has 0 saturated heterocycles. The molecule has 11 heavy (non-hydrogen) atoms. The number of azide groups is 1. The van der Waals surface area contributed by atoms with Gasteiger partial charge in [-0.2, -0.15) is 5.26 Å². The fourth-order valence-corrected chi connectivity index (χ4v) is 0.437. The van der Waals surface area contributed by atoms with E-state index in [-0.39, 0.29) is 5.70 Å². The molecular formula is C6H8N4O. The molecule has 0 spiro atoms. The summed E-state index contributed by atoms with van der Waals surface area (Å²) in [6, 6.07) is 1.67. The van der Waals surface area contributed by atoms with E-state index < -0.39 is 5.60 Å². The summed E-state index contributed by atoms with van der Waals surface area (Å²) >= 11 is 0. The largest absolute Gasteiger partial charge is 0.386 e. The Morgan fingerprint density at radius 1 is 1.82 bits per heavy atom. The first-order valence-corrected chi connectivity index (χ1v) is 2.90. The van der Waals surface area contributed by atoms with E-state index in [0.717, 1.165) is 6.08 Å². The topological polar surface area (TPSA) is 92.8 Å². The number of hydrogen-bond acceptors (Lipinski definition) is 3. The van der Waals surface area contributed by atoms with Crippen molar-refractivity contribution in [1.29, 1.82) is 5.26 Å². The maximum absolute atomic E-state index is 9.26. The van der Waals surface area contributed by atoms with E-state index in [4.69, 9.17) is 10.8 Å². The highest BCUT2D eigenvalue weighted by atomic mass is 16.3. The molecule has 0 amide bonds. The van der Waals surface area contributed by atoms with Crippen LogP contribution in [0.2, 0.25) is 0 Å². The third-order valence-electron chi connectivity index (χ3n) is 0.981. The minimum Gasteiger partial charge on any atom is -0.386 e. The predicted molar refractivity (Wildman–Crippen MR) is 39.1 cm³/mol. The molecule has 0 aromatic rings. The third-order valence-corrected chi connectivity index (χ3v) is 0.981. The molecule has 5 nitrogen and oxygen atoms in total. The maximum atomic E-state index is 9.26. The highest BCUT2D eigenvalue weighted by Crippen LogP contribution is 2.15. The number of nitrogens with zero attached hydrogens (tertiary/aromatic N) is 4. The molecule has 58 valence electrons. The van der Waals surface area contributed by atoms with Crippen LogP contribution in [0, 0.1) is 11.3 Å². The lowest BCUT2D eigenvalue weighted by atomic mass is 10.1. The minimum atomic E-state index is -1.26. The molecule has 5 heteroatoms. The average molecular weight is 152 g/mol. The van der Waals surface area contributed by atoms with Gasteiger partial charge in [0.2, 0.25) is 0 Å². The average Bonchev–Trinajstić information content (AvgIpc) is 1.85. The smallest absolute Gasteiger partial charge is 0.0914 e. The lowest BCUT2D eigenvalue weighted by Crippen LogP contribution is -2.20. The Morgan fingerprint density at radius 2 is 2.36 bits per heavy atom. The van der Waals surface area contributed by atoms with Crippen molar-refractivity contribution < 1.29 is 5.11 Å². The van der Waals surface area contributed by atoms with Crippen LogP contribution in [-0.4, -0.2) is 10.7 Å². The maximum Gasteiger partial charge on any atom is 0.0914 e. The Hall–Kier alpha value is -1.50. The van der Waals surface area contributed by atoms with E-state index in [1.54, 1.807) is 6.07 Å². The fraction of sp³-hybridized carbons (Fsp3) is 0.500. The first kappa shape index (κ1) is 9.50. The van der Waals surface area contributed by atoms with Crippen LogP contribution in [0.4, 0.5) is 0 Å². The van der Waals surface area contributed by atoms with Gasteiger partial charge in [-0.15, -0.1) is 0 Å². The van der Waals surface area contributed by atoms with Crippen molar-refractivity contribution in [2.24, 2.45) is 5.11 Å². The van der Waals surface area contributed by atoms with Crippen LogP contribution in [0.1, 0.15) is 13.8 Å². The minimum absolute atomic E-state index is 0.0162. The number of nitriles is 1. The van der Waals surface area contributed by atoms with Gasteiger partial charge >= 0.3 is 0 Å². The zero-order valence-corrected chi connectivity index (χ0v) is 6.31. The van der Waals surface area contributed by atoms with Gasteiger partial charge in [0.1, 0.15) is 0 Å². The summed E-state index contributed by atoms with van der Waals surface area (Å²) in [5.41, 5.74) is 6.78. The molecule has 1 N–H and O–H groups in total. The second kappa shape index (κ2) is 3.62. The zero-order chi connectivity index (χ0) is 8.91. The van der Waals surface area contributed by atoms with Gasteiger partial charge in [0, 0.05) is 11.0 Å². The van der Waals surface area contributed by atoms with E-state index in [2.05, 4.69) is 10.0 Å². The normalized spacial score (nSPS) is 11.6. The summed E-state index contributed by atoms with van der Waals surface area (Å²) in [4.78, 5) is 2.47. The highest BCUT2D eigenvalue weighted by Gasteiger charge is 2.17. The van der Waals surface area contributed by atoms with Gasteiger partial charge in [0.05, 0.1) is 17.4 Å². The van der Waals surface area contributed by atoms with Crippen molar-refractivity contribution in [3.05, 3.63) is 22.2 Å². The van der Waals surface area contributed by atoms with Crippen molar-refractivity contribution in [1.82, 2.24) is 0 Å². The molecule has 0 aliphatic carbocycles. The van der Waals surface area contributed by atoms with Crippen molar-refractivity contribution in [3.8, 4) is 6.07 Å². The molecule has 0 aromatic heterocycles. The molecule has 0 aliphatic rings. The quantitative estimate of drug-likeness (QED) is 0.281. The van der Waals surface area contributed by atoms with Gasteiger partial charge < -0.3 is 5.11 Å². The fourth-order valence-electron chi connectivity index (χ4n) is 0.437. The molecule has 0 radical (unpaired) electrons. The van der Waals surface area contributed by atoms with E-state index in [0.29, 0.717) is 0 Å². The van der Waals surface area contributed by atoms with Crippen LogP contribution in [0.5, 0.6) is 0 Å². The monoisotopic (exact) mass is 152 g/mol. The standard InChI is InChI=1S/C6H8N4O/c1-6(2,11)5(3-4-7)9-10-8/h3,11H,1-2H3/b5-3-. The summed E-state index contributed by atoms with van der Waals surface area (Å²) in [7, 11) is 0. The second-order valence-corrected chi connectivity index (χ2v) is 2.41. The Bertz CT molecular complexity index is 249. The van der Waals surface area contributed by atoms with Crippen molar-refractivity contribution in [2.75, 3.05) is 0 Å². The van der Waals surface area contributed by atoms with Crippen LogP contribution in [-0.2, 0) is 0 Å². The van der Waals surface area contributed by atoms with Gasteiger partial charge in [-0.05, 0) is 19.4 Å². The molecule has 0 unspecified atom stereocenters. The summed E-state index contributed by atoms with van der Waals surface area (Å²) in [5, 5.41) is 20.6. The molecule has 0 atom stereocenters. The van der Waals surface area contributed by atoms with Gasteiger partial charge in [0.15, 0.2) is 0 Å². The van der Waals surface area contributed by atoms with Crippen LogP contribution in [0.15, 0.2) is 16.9 Å². The van der Waals surface area contributed by atoms with E-state index >= 15 is 0 Å². The van der Waals surface area contributed by atoms with Crippen molar-refractivity contribution >= 4 is 0 Å². The van der Waals surface area contributed by atoms with E-state index in [1.165, 1.54) is 13.8 Å². The van der Waals surface area contributed by atoms with Crippen molar-refractivity contribution in [2.45, 2.75) is 19.4 Å². The SMILES string of the molecule is CC(C)(O)/C(=C/C#N)N=[N+]=[N-]. The predicted octanol–water partition coefficient (Wildman–Crippen LogP) is 1.48. The van der Waals surface area contributed by atoms with Crippen LogP contribution < -0.4 is 0 Å². The van der Waals surface area contributed by atoms with Crippen LogP contribution >= 0.6 is 0 Å². The molecule has 0 rings (SSSR count). The Morgan fingerprint density at radius 3 is 2.64 bits per heavy atom. The first-order valence-electron chi connectivity index (χ1n) is 2.90. The zero-order valence-electron chi connectivity index (χ0n) is 6.31. The molecule has 0 aromatic carbocycles. The molecule has 0 fully saturated rings. The molecule has 0 aliphatic heterocycles. The van der Waals surface area contributed by atoms with E-state index in [9.17, 15) is 5.11 Å². The Kier molecular flexibility index (Phi) is 3.12. The summed E-state index contributed by atoms with van der Waals surface area (Å²) in [6.07, 6.45) is 1.01. The van der Waals surface area contributed by atoms with Crippen LogP contribution in [0.25, 0.3) is 10.4 Å². The summed E-state index contributed by atoms with van der Waals surface area (Å²) in [6.45, 7) is 2.87.